The number of carbonyl (C=O) groups is 2. The number of carbonyl (C=O) groups excluding carboxylic acids is 2. The van der Waals surface area contributed by atoms with Gasteiger partial charge in [-0.25, -0.2) is 14.6 Å². The number of esters is 1. The van der Waals surface area contributed by atoms with Crippen LogP contribution in [0.3, 0.4) is 0 Å². The molecule has 152 valence electrons. The van der Waals surface area contributed by atoms with Crippen molar-refractivity contribution < 1.29 is 14.3 Å². The summed E-state index contributed by atoms with van der Waals surface area (Å²) in [4.78, 5) is 33.9. The molecular weight excluding hydrogens is 362 g/mol. The number of nitrogens with zero attached hydrogens (tertiary/aromatic N) is 3. The summed E-state index contributed by atoms with van der Waals surface area (Å²) in [7, 11) is 0. The van der Waals surface area contributed by atoms with Crippen LogP contribution in [0.1, 0.15) is 71.5 Å². The van der Waals surface area contributed by atoms with Crippen LogP contribution in [0.15, 0.2) is 5.38 Å². The Kier molecular flexibility index (Phi) is 6.89. The van der Waals surface area contributed by atoms with Crippen LogP contribution in [0.25, 0.3) is 0 Å². The molecule has 2 rings (SSSR count). The molecule has 1 fully saturated rings. The number of hydrogen-bond donors (Lipinski definition) is 0. The van der Waals surface area contributed by atoms with Gasteiger partial charge in [-0.2, -0.15) is 0 Å². The Balaban J connectivity index is 2.11. The van der Waals surface area contributed by atoms with Crippen molar-refractivity contribution in [2.75, 3.05) is 13.1 Å². The summed E-state index contributed by atoms with van der Waals surface area (Å²) in [5.41, 5.74) is 0.343. The molecule has 0 unspecified atom stereocenters. The molecule has 1 aromatic heterocycles. The third kappa shape index (κ3) is 5.43. The van der Waals surface area contributed by atoms with Crippen molar-refractivity contribution in [1.29, 1.82) is 0 Å². The summed E-state index contributed by atoms with van der Waals surface area (Å²) in [6, 6.07) is -0.654. The van der Waals surface area contributed by atoms with E-state index < -0.39 is 11.6 Å². The summed E-state index contributed by atoms with van der Waals surface area (Å²) >= 11 is 1.63. The Morgan fingerprint density at radius 3 is 2.48 bits per heavy atom. The topological polar surface area (TPSA) is 62.7 Å². The quantitative estimate of drug-likeness (QED) is 0.647. The number of rotatable bonds is 7. The van der Waals surface area contributed by atoms with Gasteiger partial charge >= 0.3 is 12.0 Å². The molecule has 0 N–H and O–H groups in total. The lowest BCUT2D eigenvalue weighted by Gasteiger charge is -2.32. The minimum absolute atomic E-state index is 0.0376. The number of hydrogen-bond acceptors (Lipinski definition) is 5. The van der Waals surface area contributed by atoms with Gasteiger partial charge in [-0.3, -0.25) is 0 Å². The molecule has 27 heavy (non-hydrogen) atoms. The zero-order valence-electron chi connectivity index (χ0n) is 17.6. The van der Waals surface area contributed by atoms with E-state index in [4.69, 9.17) is 4.74 Å². The fourth-order valence-electron chi connectivity index (χ4n) is 3.11. The Bertz CT molecular complexity index is 666. The molecule has 2 heterocycles. The van der Waals surface area contributed by atoms with Crippen LogP contribution in [0, 0.1) is 5.92 Å². The molecule has 0 aliphatic carbocycles. The van der Waals surface area contributed by atoms with Gasteiger partial charge in [0, 0.05) is 24.4 Å². The maximum atomic E-state index is 13.0. The Morgan fingerprint density at radius 2 is 1.96 bits per heavy atom. The average Bonchev–Trinajstić information content (AvgIpc) is 3.15. The second-order valence-electron chi connectivity index (χ2n) is 8.59. The van der Waals surface area contributed by atoms with Crippen LogP contribution >= 0.6 is 11.3 Å². The molecular formula is C20H33N3O3S. The van der Waals surface area contributed by atoms with Crippen LogP contribution in [-0.2, 0) is 16.1 Å². The zero-order valence-corrected chi connectivity index (χ0v) is 18.4. The van der Waals surface area contributed by atoms with Gasteiger partial charge in [-0.15, -0.1) is 11.3 Å². The molecule has 1 aromatic rings. The van der Waals surface area contributed by atoms with E-state index in [1.165, 1.54) is 0 Å². The third-order valence-electron chi connectivity index (χ3n) is 4.71. The predicted molar refractivity (Wildman–Crippen MR) is 108 cm³/mol. The molecule has 0 saturated carbocycles. The second-order valence-corrected chi connectivity index (χ2v) is 9.48. The number of aromatic nitrogens is 1. The molecule has 6 nitrogen and oxygen atoms in total. The second kappa shape index (κ2) is 8.59. The average molecular weight is 396 g/mol. The van der Waals surface area contributed by atoms with Crippen molar-refractivity contribution in [3.63, 3.8) is 0 Å². The minimum atomic E-state index is -0.570. The molecule has 2 amide bonds. The van der Waals surface area contributed by atoms with Crippen molar-refractivity contribution in [1.82, 2.24) is 14.8 Å². The highest BCUT2D eigenvalue weighted by molar-refractivity contribution is 7.09. The van der Waals surface area contributed by atoms with Gasteiger partial charge in [0.1, 0.15) is 11.6 Å². The summed E-state index contributed by atoms with van der Waals surface area (Å²) in [6.07, 6.45) is 0.803. The number of urea groups is 1. The van der Waals surface area contributed by atoms with Crippen molar-refractivity contribution >= 4 is 23.3 Å². The van der Waals surface area contributed by atoms with E-state index in [1.807, 2.05) is 40.0 Å². The van der Waals surface area contributed by atoms with Crippen molar-refractivity contribution in [3.8, 4) is 0 Å². The first-order valence-corrected chi connectivity index (χ1v) is 10.6. The molecule has 2 atom stereocenters. The molecule has 0 bridgehead atoms. The fourth-order valence-corrected chi connectivity index (χ4v) is 3.94. The SMILES string of the molecule is CC[C@H](C)[C@@H](C(=O)OC(C)(C)C)N1CCN(Cc2csc(C(C)C)n2)C1=O. The van der Waals surface area contributed by atoms with Gasteiger partial charge in [0.25, 0.3) is 0 Å². The van der Waals surface area contributed by atoms with E-state index >= 15 is 0 Å². The van der Waals surface area contributed by atoms with Crippen LogP contribution in [0.2, 0.25) is 0 Å². The highest BCUT2D eigenvalue weighted by Gasteiger charge is 2.41. The lowest BCUT2D eigenvalue weighted by atomic mass is 9.97. The molecule has 0 radical (unpaired) electrons. The van der Waals surface area contributed by atoms with E-state index in [2.05, 4.69) is 18.8 Å². The standard InChI is InChI=1S/C20H33N3O3S/c1-8-14(4)16(18(24)26-20(5,6)7)23-10-9-22(19(23)25)11-15-12-27-17(21-15)13(2)3/h12-14,16H,8-11H2,1-7H3/t14-,16-/m0/s1. The summed E-state index contributed by atoms with van der Waals surface area (Å²) in [5.74, 6) is 0.106. The van der Waals surface area contributed by atoms with Gasteiger partial charge in [-0.05, 0) is 26.7 Å². The van der Waals surface area contributed by atoms with Crippen LogP contribution < -0.4 is 0 Å². The van der Waals surface area contributed by atoms with Crippen LogP contribution in [-0.4, -0.2) is 51.5 Å². The third-order valence-corrected chi connectivity index (χ3v) is 5.90. The van der Waals surface area contributed by atoms with Gasteiger partial charge < -0.3 is 14.5 Å². The maximum absolute atomic E-state index is 13.0. The predicted octanol–water partition coefficient (Wildman–Crippen LogP) is 4.26. The maximum Gasteiger partial charge on any atom is 0.329 e. The lowest BCUT2D eigenvalue weighted by Crippen LogP contribution is -2.49. The van der Waals surface area contributed by atoms with E-state index in [1.54, 1.807) is 21.1 Å². The van der Waals surface area contributed by atoms with Crippen LogP contribution in [0.4, 0.5) is 4.79 Å². The van der Waals surface area contributed by atoms with Crippen LogP contribution in [0.5, 0.6) is 0 Å². The summed E-state index contributed by atoms with van der Waals surface area (Å²) in [6.45, 7) is 15.4. The van der Waals surface area contributed by atoms with Gasteiger partial charge in [-0.1, -0.05) is 34.1 Å². The minimum Gasteiger partial charge on any atom is -0.458 e. The number of amides is 2. The first kappa shape index (κ1) is 21.7. The fraction of sp³-hybridized carbons (Fsp3) is 0.750. The normalized spacial score (nSPS) is 17.6. The highest BCUT2D eigenvalue weighted by Crippen LogP contribution is 2.26. The largest absolute Gasteiger partial charge is 0.458 e. The highest BCUT2D eigenvalue weighted by atomic mass is 32.1. The van der Waals surface area contributed by atoms with E-state index in [0.717, 1.165) is 17.1 Å². The van der Waals surface area contributed by atoms with Crippen molar-refractivity contribution in [3.05, 3.63) is 16.1 Å². The molecule has 1 saturated heterocycles. The Hall–Kier alpha value is -1.63. The van der Waals surface area contributed by atoms with Gasteiger partial charge in [0.05, 0.1) is 17.2 Å². The first-order chi connectivity index (χ1) is 12.5. The van der Waals surface area contributed by atoms with E-state index in [9.17, 15) is 9.59 Å². The molecule has 0 aromatic carbocycles. The lowest BCUT2D eigenvalue weighted by molar-refractivity contribution is -0.162. The molecule has 0 spiro atoms. The van der Waals surface area contributed by atoms with Gasteiger partial charge in [0.2, 0.25) is 0 Å². The van der Waals surface area contributed by atoms with E-state index in [0.29, 0.717) is 25.6 Å². The van der Waals surface area contributed by atoms with Crippen molar-refractivity contribution in [2.45, 2.75) is 79.0 Å². The Labute approximate surface area is 166 Å². The smallest absolute Gasteiger partial charge is 0.329 e. The molecule has 1 aliphatic rings. The number of ether oxygens (including phenoxy) is 1. The first-order valence-electron chi connectivity index (χ1n) is 9.76. The summed E-state index contributed by atoms with van der Waals surface area (Å²) in [5, 5.41) is 3.10. The summed E-state index contributed by atoms with van der Waals surface area (Å²) < 4.78 is 5.60. The monoisotopic (exact) mass is 395 g/mol. The zero-order chi connectivity index (χ0) is 20.4. The van der Waals surface area contributed by atoms with Crippen molar-refractivity contribution in [2.24, 2.45) is 5.92 Å². The molecule has 1 aliphatic heterocycles. The Morgan fingerprint density at radius 1 is 1.30 bits per heavy atom. The number of thiazole rings is 1. The molecule has 7 heteroatoms. The van der Waals surface area contributed by atoms with Gasteiger partial charge in [0.15, 0.2) is 0 Å². The van der Waals surface area contributed by atoms with E-state index in [-0.39, 0.29) is 17.9 Å².